The van der Waals surface area contributed by atoms with Gasteiger partial charge in [-0.05, 0) is 75.5 Å². The zero-order valence-corrected chi connectivity index (χ0v) is 20.4. The third-order valence-electron chi connectivity index (χ3n) is 6.35. The number of unbranched alkanes of at least 4 members (excludes halogenated alkanes) is 1. The van der Waals surface area contributed by atoms with E-state index in [4.69, 9.17) is 14.5 Å². The molecule has 1 N–H and O–H groups in total. The molecule has 0 amide bonds. The van der Waals surface area contributed by atoms with Crippen molar-refractivity contribution in [2.75, 3.05) is 38.7 Å². The van der Waals surface area contributed by atoms with Gasteiger partial charge in [0.15, 0.2) is 11.5 Å². The Morgan fingerprint density at radius 2 is 1.82 bits per heavy atom. The summed E-state index contributed by atoms with van der Waals surface area (Å²) in [5.74, 6) is 2.24. The molecule has 1 aromatic heterocycles. The fourth-order valence-electron chi connectivity index (χ4n) is 4.43. The Hall–Kier alpha value is -3.12. The van der Waals surface area contributed by atoms with Gasteiger partial charge in [0, 0.05) is 5.56 Å². The first-order chi connectivity index (χ1) is 16.8. The number of rotatable bonds is 12. The number of likely N-dealkylation sites (tertiary alicyclic amines) is 1. The van der Waals surface area contributed by atoms with Crippen LogP contribution in [-0.4, -0.2) is 48.2 Å². The summed E-state index contributed by atoms with van der Waals surface area (Å²) in [7, 11) is 1.68. The van der Waals surface area contributed by atoms with Crippen LogP contribution in [0.2, 0.25) is 0 Å². The first kappa shape index (κ1) is 24.0. The van der Waals surface area contributed by atoms with E-state index in [0.717, 1.165) is 42.1 Å². The Kier molecular flexibility index (Phi) is 8.74. The van der Waals surface area contributed by atoms with Gasteiger partial charge in [-0.2, -0.15) is 0 Å². The second kappa shape index (κ2) is 12.4. The van der Waals surface area contributed by atoms with Crippen molar-refractivity contribution in [3.05, 3.63) is 66.5 Å². The second-order valence-electron chi connectivity index (χ2n) is 8.78. The van der Waals surface area contributed by atoms with Crippen molar-refractivity contribution in [3.63, 3.8) is 0 Å². The molecule has 1 aliphatic heterocycles. The molecule has 1 unspecified atom stereocenters. The molecule has 1 atom stereocenters. The predicted octanol–water partition coefficient (Wildman–Crippen LogP) is 5.97. The number of aromatic nitrogens is 2. The topological polar surface area (TPSA) is 59.5 Å². The first-order valence-electron chi connectivity index (χ1n) is 12.4. The number of methoxy groups -OCH3 is 1. The van der Waals surface area contributed by atoms with Crippen molar-refractivity contribution >= 4 is 5.82 Å². The van der Waals surface area contributed by atoms with Crippen molar-refractivity contribution in [1.82, 2.24) is 14.9 Å². The molecule has 0 aliphatic carbocycles. The van der Waals surface area contributed by atoms with Gasteiger partial charge in [0.25, 0.3) is 0 Å². The van der Waals surface area contributed by atoms with Gasteiger partial charge < -0.3 is 19.7 Å². The van der Waals surface area contributed by atoms with E-state index >= 15 is 0 Å². The van der Waals surface area contributed by atoms with Crippen LogP contribution in [0.4, 0.5) is 5.82 Å². The molecular weight excluding hydrogens is 424 g/mol. The molecule has 2 heterocycles. The minimum absolute atomic E-state index is 0.182. The molecule has 0 radical (unpaired) electrons. The highest BCUT2D eigenvalue weighted by molar-refractivity contribution is 5.64. The largest absolute Gasteiger partial charge is 0.493 e. The highest BCUT2D eigenvalue weighted by atomic mass is 16.5. The predicted molar refractivity (Wildman–Crippen MR) is 138 cm³/mol. The molecule has 0 saturated carbocycles. The van der Waals surface area contributed by atoms with Crippen LogP contribution in [0.1, 0.15) is 50.6 Å². The molecule has 180 valence electrons. The Balaban J connectivity index is 1.37. The molecule has 3 aromatic rings. The first-order valence-corrected chi connectivity index (χ1v) is 12.4. The Bertz CT molecular complexity index is 1020. The van der Waals surface area contributed by atoms with Gasteiger partial charge in [-0.15, -0.1) is 0 Å². The van der Waals surface area contributed by atoms with E-state index in [1.807, 2.05) is 24.3 Å². The van der Waals surface area contributed by atoms with Gasteiger partial charge in [-0.3, -0.25) is 4.98 Å². The zero-order valence-electron chi connectivity index (χ0n) is 20.4. The molecule has 6 nitrogen and oxygen atoms in total. The van der Waals surface area contributed by atoms with Gasteiger partial charge in [0.1, 0.15) is 5.82 Å². The lowest BCUT2D eigenvalue weighted by Gasteiger charge is -2.18. The number of nitrogens with zero attached hydrogens (tertiary/aromatic N) is 3. The second-order valence-corrected chi connectivity index (χ2v) is 8.78. The highest BCUT2D eigenvalue weighted by Gasteiger charge is 2.13. The van der Waals surface area contributed by atoms with E-state index in [9.17, 15) is 0 Å². The van der Waals surface area contributed by atoms with Crippen molar-refractivity contribution in [2.24, 2.45) is 0 Å². The molecule has 2 aromatic carbocycles. The van der Waals surface area contributed by atoms with Crippen LogP contribution in [0.25, 0.3) is 11.3 Å². The van der Waals surface area contributed by atoms with Gasteiger partial charge >= 0.3 is 0 Å². The van der Waals surface area contributed by atoms with E-state index in [-0.39, 0.29) is 6.04 Å². The van der Waals surface area contributed by atoms with Crippen LogP contribution in [0.5, 0.6) is 11.5 Å². The smallest absolute Gasteiger partial charge is 0.161 e. The summed E-state index contributed by atoms with van der Waals surface area (Å²) in [6, 6.07) is 16.6. The van der Waals surface area contributed by atoms with Gasteiger partial charge in [0.2, 0.25) is 0 Å². The summed E-state index contributed by atoms with van der Waals surface area (Å²) in [5, 5.41) is 3.52. The van der Waals surface area contributed by atoms with E-state index < -0.39 is 0 Å². The van der Waals surface area contributed by atoms with Crippen LogP contribution in [0.3, 0.4) is 0 Å². The summed E-state index contributed by atoms with van der Waals surface area (Å²) < 4.78 is 11.7. The number of benzene rings is 2. The molecule has 34 heavy (non-hydrogen) atoms. The van der Waals surface area contributed by atoms with Crippen molar-refractivity contribution < 1.29 is 9.47 Å². The zero-order chi connectivity index (χ0) is 23.6. The molecule has 1 fully saturated rings. The third kappa shape index (κ3) is 6.48. The molecule has 4 rings (SSSR count). The van der Waals surface area contributed by atoms with E-state index in [1.165, 1.54) is 38.0 Å². The fourth-order valence-corrected chi connectivity index (χ4v) is 4.43. The van der Waals surface area contributed by atoms with Crippen LogP contribution in [0, 0.1) is 0 Å². The van der Waals surface area contributed by atoms with Crippen LogP contribution >= 0.6 is 0 Å². The highest BCUT2D eigenvalue weighted by Crippen LogP contribution is 2.32. The third-order valence-corrected chi connectivity index (χ3v) is 6.35. The number of hydrogen-bond acceptors (Lipinski definition) is 6. The summed E-state index contributed by atoms with van der Waals surface area (Å²) in [4.78, 5) is 11.8. The maximum atomic E-state index is 6.03. The molecule has 1 saturated heterocycles. The van der Waals surface area contributed by atoms with Gasteiger partial charge in [-0.25, -0.2) is 4.98 Å². The van der Waals surface area contributed by atoms with Crippen LogP contribution < -0.4 is 14.8 Å². The lowest BCUT2D eigenvalue weighted by atomic mass is 10.0. The van der Waals surface area contributed by atoms with Crippen LogP contribution in [-0.2, 0) is 0 Å². The summed E-state index contributed by atoms with van der Waals surface area (Å²) >= 11 is 0. The number of nitrogens with one attached hydrogen (secondary N) is 1. The Morgan fingerprint density at radius 3 is 2.59 bits per heavy atom. The molecular formula is C28H36N4O2. The maximum absolute atomic E-state index is 6.03. The normalized spacial score (nSPS) is 14.6. The molecule has 0 bridgehead atoms. The van der Waals surface area contributed by atoms with Gasteiger partial charge in [0.05, 0.1) is 37.8 Å². The minimum atomic E-state index is 0.182. The van der Waals surface area contributed by atoms with Crippen molar-refractivity contribution in [3.8, 4) is 22.8 Å². The van der Waals surface area contributed by atoms with Gasteiger partial charge in [-0.1, -0.05) is 37.3 Å². The fraction of sp³-hybridized carbons (Fsp3) is 0.429. The Morgan fingerprint density at radius 1 is 1.00 bits per heavy atom. The number of hydrogen-bond donors (Lipinski definition) is 1. The average Bonchev–Trinajstić information content (AvgIpc) is 3.41. The average molecular weight is 461 g/mol. The Labute approximate surface area is 203 Å². The van der Waals surface area contributed by atoms with E-state index in [2.05, 4.69) is 46.4 Å². The molecule has 6 heteroatoms. The monoisotopic (exact) mass is 460 g/mol. The SMILES string of the molecule is CCC(Nc1cncc(-c2ccc(OCCCCN3CCCC3)c(OC)c2)n1)c1ccccc1. The number of ether oxygens (including phenoxy) is 2. The van der Waals surface area contributed by atoms with E-state index in [1.54, 1.807) is 19.5 Å². The lowest BCUT2D eigenvalue weighted by molar-refractivity contribution is 0.268. The van der Waals surface area contributed by atoms with Crippen LogP contribution in [0.15, 0.2) is 60.9 Å². The minimum Gasteiger partial charge on any atom is -0.493 e. The van der Waals surface area contributed by atoms with Crippen molar-refractivity contribution in [2.45, 2.75) is 45.1 Å². The molecule has 1 aliphatic rings. The molecule has 0 spiro atoms. The van der Waals surface area contributed by atoms with E-state index in [0.29, 0.717) is 12.4 Å². The maximum Gasteiger partial charge on any atom is 0.161 e. The summed E-state index contributed by atoms with van der Waals surface area (Å²) in [6.45, 7) is 6.53. The number of anilines is 1. The quantitative estimate of drug-likeness (QED) is 0.336. The lowest BCUT2D eigenvalue weighted by Crippen LogP contribution is -2.20. The summed E-state index contributed by atoms with van der Waals surface area (Å²) in [6.07, 6.45) is 9.39. The van der Waals surface area contributed by atoms with Crippen molar-refractivity contribution in [1.29, 1.82) is 0 Å². The standard InChI is InChI=1S/C28H36N4O2/c1-3-24(22-11-5-4-6-12-22)30-28-21-29-20-25(31-28)23-13-14-26(27(19-23)33-2)34-18-10-9-17-32-15-7-8-16-32/h4-6,11-14,19-21,24H,3,7-10,15-18H2,1-2H3,(H,30,31). The summed E-state index contributed by atoms with van der Waals surface area (Å²) in [5.41, 5.74) is 2.98.